The van der Waals surface area contributed by atoms with E-state index in [4.69, 9.17) is 0 Å². The minimum Gasteiger partial charge on any atom is -0.485 e. The molecular formula is C9H11N4Rb. The maximum Gasteiger partial charge on any atom is 1.00 e. The van der Waals surface area contributed by atoms with Crippen LogP contribution >= 0.6 is 0 Å². The normalized spacial score (nSPS) is 15.1. The Hall–Kier alpha value is 0.385. The van der Waals surface area contributed by atoms with E-state index < -0.39 is 0 Å². The van der Waals surface area contributed by atoms with Gasteiger partial charge in [-0.05, 0) is 12.6 Å². The van der Waals surface area contributed by atoms with Crippen LogP contribution in [0.3, 0.4) is 0 Å². The van der Waals surface area contributed by atoms with Crippen LogP contribution < -0.4 is 63.5 Å². The molecule has 1 aromatic rings. The van der Waals surface area contributed by atoms with Crippen LogP contribution in [0.15, 0.2) is 24.5 Å². The number of nitrogens with one attached hydrogen (secondary N) is 1. The summed E-state index contributed by atoms with van der Waals surface area (Å²) in [6.07, 6.45) is 8.62. The van der Waals surface area contributed by atoms with Crippen LogP contribution in [0, 0.1) is 6.08 Å². The van der Waals surface area contributed by atoms with Crippen LogP contribution in [0.2, 0.25) is 0 Å². The second-order valence-corrected chi connectivity index (χ2v) is 2.83. The van der Waals surface area contributed by atoms with Crippen molar-refractivity contribution in [2.24, 2.45) is 0 Å². The Labute approximate surface area is 133 Å². The zero-order valence-electron chi connectivity index (χ0n) is 8.27. The monoisotopic (exact) mass is 260 g/mol. The number of anilines is 1. The van der Waals surface area contributed by atoms with Crippen molar-refractivity contribution in [3.05, 3.63) is 30.6 Å². The zero-order chi connectivity index (χ0) is 8.93. The van der Waals surface area contributed by atoms with Gasteiger partial charge < -0.3 is 16.3 Å². The van der Waals surface area contributed by atoms with E-state index in [0.29, 0.717) is 5.95 Å². The third kappa shape index (κ3) is 3.86. The van der Waals surface area contributed by atoms with Crippen molar-refractivity contribution >= 4 is 5.95 Å². The van der Waals surface area contributed by atoms with Crippen molar-refractivity contribution < 1.29 is 58.2 Å². The molecule has 0 aromatic carbocycles. The van der Waals surface area contributed by atoms with Crippen LogP contribution in [-0.2, 0) is 0 Å². The van der Waals surface area contributed by atoms with Gasteiger partial charge in [-0.2, -0.15) is 0 Å². The van der Waals surface area contributed by atoms with Crippen LogP contribution in [0.4, 0.5) is 5.95 Å². The van der Waals surface area contributed by atoms with E-state index in [1.54, 1.807) is 18.5 Å². The second-order valence-electron chi connectivity index (χ2n) is 2.83. The molecule has 0 atom stereocenters. The third-order valence-electron chi connectivity index (χ3n) is 1.84. The molecule has 0 bridgehead atoms. The molecule has 2 rings (SSSR count). The first-order chi connectivity index (χ1) is 6.45. The fourth-order valence-corrected chi connectivity index (χ4v) is 1.15. The van der Waals surface area contributed by atoms with Crippen molar-refractivity contribution in [3.63, 3.8) is 0 Å². The molecule has 0 radical (unpaired) electrons. The van der Waals surface area contributed by atoms with E-state index in [0.717, 1.165) is 19.8 Å². The van der Waals surface area contributed by atoms with E-state index in [2.05, 4.69) is 26.3 Å². The van der Waals surface area contributed by atoms with Gasteiger partial charge in [-0.1, -0.05) is 0 Å². The second kappa shape index (κ2) is 6.79. The van der Waals surface area contributed by atoms with Gasteiger partial charge >= 0.3 is 58.2 Å². The van der Waals surface area contributed by atoms with Crippen molar-refractivity contribution in [3.8, 4) is 0 Å². The van der Waals surface area contributed by atoms with Crippen LogP contribution in [0.5, 0.6) is 0 Å². The Morgan fingerprint density at radius 3 is 2.86 bits per heavy atom. The van der Waals surface area contributed by atoms with Crippen molar-refractivity contribution in [2.45, 2.75) is 0 Å². The summed E-state index contributed by atoms with van der Waals surface area (Å²) < 4.78 is 0. The van der Waals surface area contributed by atoms with E-state index in [9.17, 15) is 0 Å². The summed E-state index contributed by atoms with van der Waals surface area (Å²) >= 11 is 0. The summed E-state index contributed by atoms with van der Waals surface area (Å²) in [6, 6.07) is 1.80. The number of hydrogen-bond donors (Lipinski definition) is 1. The summed E-state index contributed by atoms with van der Waals surface area (Å²) in [7, 11) is 0. The summed E-state index contributed by atoms with van der Waals surface area (Å²) in [6.45, 7) is 2.62. The van der Waals surface area contributed by atoms with Gasteiger partial charge in [0.25, 0.3) is 0 Å². The maximum absolute atomic E-state index is 4.06. The molecule has 14 heavy (non-hydrogen) atoms. The fourth-order valence-electron chi connectivity index (χ4n) is 1.15. The number of rotatable bonds is 3. The Morgan fingerprint density at radius 1 is 1.43 bits per heavy atom. The van der Waals surface area contributed by atoms with Crippen molar-refractivity contribution in [1.29, 1.82) is 0 Å². The largest absolute Gasteiger partial charge is 1.00 e. The van der Waals surface area contributed by atoms with E-state index in [-0.39, 0.29) is 58.2 Å². The smallest absolute Gasteiger partial charge is 0.485 e. The standard InChI is InChI=1S/C9H11N4.Rb/c1-2-7-13(6-1)8-12-9-10-4-3-5-11-9;/h1,3-5H,6-8H2,(H,10,11,12);/q-1;+1. The first-order valence-electron chi connectivity index (χ1n) is 4.23. The maximum atomic E-state index is 4.06. The molecule has 0 amide bonds. The summed E-state index contributed by atoms with van der Waals surface area (Å²) in [5.41, 5.74) is 0. The van der Waals surface area contributed by atoms with Gasteiger partial charge in [-0.25, -0.2) is 9.97 Å². The molecule has 1 aliphatic heterocycles. The molecule has 1 aromatic heterocycles. The Morgan fingerprint density at radius 2 is 2.21 bits per heavy atom. The molecule has 68 valence electrons. The van der Waals surface area contributed by atoms with Crippen LogP contribution in [-0.4, -0.2) is 34.6 Å². The first-order valence-corrected chi connectivity index (χ1v) is 4.23. The van der Waals surface area contributed by atoms with Crippen molar-refractivity contribution in [1.82, 2.24) is 14.9 Å². The van der Waals surface area contributed by atoms with E-state index >= 15 is 0 Å². The van der Waals surface area contributed by atoms with Gasteiger partial charge in [0.2, 0.25) is 5.95 Å². The molecule has 0 spiro atoms. The number of hydrogen-bond acceptors (Lipinski definition) is 4. The number of nitrogens with zero attached hydrogens (tertiary/aromatic N) is 3. The topological polar surface area (TPSA) is 41.0 Å². The SMILES string of the molecule is [C-]1=CCN(CNc2ncccn2)C1.[Rb+]. The van der Waals surface area contributed by atoms with Crippen molar-refractivity contribution in [2.75, 3.05) is 25.1 Å². The average molecular weight is 261 g/mol. The van der Waals surface area contributed by atoms with Gasteiger partial charge in [-0.3, -0.25) is 6.08 Å². The predicted octanol–water partition coefficient (Wildman–Crippen LogP) is -2.48. The summed E-state index contributed by atoms with van der Waals surface area (Å²) in [5.74, 6) is 0.675. The van der Waals surface area contributed by atoms with Gasteiger partial charge in [0.05, 0.1) is 6.67 Å². The van der Waals surface area contributed by atoms with Crippen LogP contribution in [0.1, 0.15) is 0 Å². The molecule has 0 fully saturated rings. The molecule has 1 N–H and O–H groups in total. The van der Waals surface area contributed by atoms with Gasteiger partial charge in [0.1, 0.15) is 0 Å². The minimum atomic E-state index is 0. The molecule has 0 aliphatic carbocycles. The van der Waals surface area contributed by atoms with Crippen LogP contribution in [0.25, 0.3) is 0 Å². The third-order valence-corrected chi connectivity index (χ3v) is 1.84. The number of aromatic nitrogens is 2. The Kier molecular flexibility index (Phi) is 6.04. The summed E-state index contributed by atoms with van der Waals surface area (Å²) in [5, 5.41) is 3.13. The molecule has 4 nitrogen and oxygen atoms in total. The molecule has 0 saturated carbocycles. The zero-order valence-corrected chi connectivity index (χ0v) is 13.2. The minimum absolute atomic E-state index is 0. The van der Waals surface area contributed by atoms with Gasteiger partial charge in [-0.15, -0.1) is 6.54 Å². The quantitative estimate of drug-likeness (QED) is 0.612. The predicted molar refractivity (Wildman–Crippen MR) is 49.9 cm³/mol. The molecule has 1 aliphatic rings. The first kappa shape index (κ1) is 12.5. The average Bonchev–Trinajstić information content (AvgIpc) is 2.69. The molecular weight excluding hydrogens is 250 g/mol. The molecule has 0 saturated heterocycles. The molecule has 2 heterocycles. The molecule has 0 unspecified atom stereocenters. The Balaban J connectivity index is 0.000000980. The Bertz CT molecular complexity index is 280. The molecule has 5 heteroatoms. The van der Waals surface area contributed by atoms with Gasteiger partial charge in [0, 0.05) is 12.4 Å². The van der Waals surface area contributed by atoms with E-state index in [1.165, 1.54) is 0 Å². The fraction of sp³-hybridized carbons (Fsp3) is 0.333. The van der Waals surface area contributed by atoms with Gasteiger partial charge in [0.15, 0.2) is 0 Å². The summed E-state index contributed by atoms with van der Waals surface area (Å²) in [4.78, 5) is 10.3. The van der Waals surface area contributed by atoms with E-state index in [1.807, 2.05) is 6.08 Å².